The Morgan fingerprint density at radius 3 is 2.52 bits per heavy atom. The molecule has 8 heteroatoms. The largest absolute Gasteiger partial charge is 0.305 e. The second-order valence-corrected chi connectivity index (χ2v) is 7.08. The standard InChI is InChI=1S/C21H13ClFN5O/c1-10-14-8-12(9-15(22)20(14)28-27-10)19-18(11-2-4-13(23)5-3-11)26-21-16(24-19)6-7-17(29)25-21/h2-9H,1H3,(H,27,28)(H,25,26,29). The predicted molar refractivity (Wildman–Crippen MR) is 110 cm³/mol. The van der Waals surface area contributed by atoms with E-state index in [-0.39, 0.29) is 11.4 Å². The molecule has 0 amide bonds. The van der Waals surface area contributed by atoms with Crippen molar-refractivity contribution >= 4 is 33.7 Å². The maximum absolute atomic E-state index is 13.5. The number of H-pyrrole nitrogens is 2. The van der Waals surface area contributed by atoms with Gasteiger partial charge >= 0.3 is 0 Å². The van der Waals surface area contributed by atoms with Gasteiger partial charge in [0.2, 0.25) is 5.56 Å². The molecule has 142 valence electrons. The smallest absolute Gasteiger partial charge is 0.249 e. The molecule has 0 bridgehead atoms. The molecule has 0 saturated heterocycles. The van der Waals surface area contributed by atoms with Crippen LogP contribution in [0.2, 0.25) is 5.02 Å². The number of halogens is 2. The summed E-state index contributed by atoms with van der Waals surface area (Å²) in [5.41, 5.74) is 4.66. The minimum atomic E-state index is -0.351. The first-order chi connectivity index (χ1) is 14.0. The van der Waals surface area contributed by atoms with Gasteiger partial charge in [-0.3, -0.25) is 9.89 Å². The monoisotopic (exact) mass is 405 g/mol. The first kappa shape index (κ1) is 17.5. The summed E-state index contributed by atoms with van der Waals surface area (Å²) in [6.45, 7) is 1.89. The molecule has 0 radical (unpaired) electrons. The molecule has 0 aliphatic carbocycles. The molecule has 0 aliphatic rings. The van der Waals surface area contributed by atoms with Crippen LogP contribution in [0, 0.1) is 12.7 Å². The van der Waals surface area contributed by atoms with Gasteiger partial charge in [-0.25, -0.2) is 14.4 Å². The number of benzene rings is 2. The van der Waals surface area contributed by atoms with E-state index >= 15 is 0 Å². The van der Waals surface area contributed by atoms with Gasteiger partial charge < -0.3 is 4.98 Å². The van der Waals surface area contributed by atoms with E-state index in [9.17, 15) is 9.18 Å². The molecule has 3 aromatic heterocycles. The van der Waals surface area contributed by atoms with Crippen LogP contribution in [0.1, 0.15) is 5.69 Å². The summed E-state index contributed by atoms with van der Waals surface area (Å²) in [7, 11) is 0. The lowest BCUT2D eigenvalue weighted by atomic mass is 10.0. The van der Waals surface area contributed by atoms with Gasteiger partial charge in [-0.15, -0.1) is 0 Å². The molecule has 3 heterocycles. The lowest BCUT2D eigenvalue weighted by Crippen LogP contribution is -2.06. The topological polar surface area (TPSA) is 87.3 Å². The summed E-state index contributed by atoms with van der Waals surface area (Å²) in [5, 5.41) is 8.52. The van der Waals surface area contributed by atoms with E-state index in [1.807, 2.05) is 13.0 Å². The van der Waals surface area contributed by atoms with Crippen LogP contribution < -0.4 is 5.56 Å². The van der Waals surface area contributed by atoms with E-state index in [2.05, 4.69) is 20.2 Å². The van der Waals surface area contributed by atoms with E-state index in [1.54, 1.807) is 24.3 Å². The molecule has 0 atom stereocenters. The van der Waals surface area contributed by atoms with Gasteiger partial charge in [0.1, 0.15) is 11.3 Å². The highest BCUT2D eigenvalue weighted by Gasteiger charge is 2.17. The number of aryl methyl sites for hydroxylation is 1. The van der Waals surface area contributed by atoms with E-state index in [0.717, 1.165) is 22.2 Å². The number of nitrogens with one attached hydrogen (secondary N) is 2. The maximum atomic E-state index is 13.5. The van der Waals surface area contributed by atoms with Crippen molar-refractivity contribution < 1.29 is 4.39 Å². The van der Waals surface area contributed by atoms with Crippen molar-refractivity contribution in [3.63, 3.8) is 0 Å². The van der Waals surface area contributed by atoms with Gasteiger partial charge in [0.25, 0.3) is 0 Å². The lowest BCUT2D eigenvalue weighted by molar-refractivity contribution is 0.628. The Morgan fingerprint density at radius 2 is 1.72 bits per heavy atom. The van der Waals surface area contributed by atoms with Crippen LogP contribution in [-0.4, -0.2) is 25.1 Å². The van der Waals surface area contributed by atoms with Crippen LogP contribution >= 0.6 is 11.6 Å². The minimum Gasteiger partial charge on any atom is -0.305 e. The Balaban J connectivity index is 1.85. The number of hydrogen-bond donors (Lipinski definition) is 2. The highest BCUT2D eigenvalue weighted by molar-refractivity contribution is 6.35. The quantitative estimate of drug-likeness (QED) is 0.448. The third-order valence-electron chi connectivity index (χ3n) is 4.76. The Kier molecular flexibility index (Phi) is 3.92. The Labute approximate surface area is 168 Å². The number of aromatic nitrogens is 5. The van der Waals surface area contributed by atoms with E-state index in [4.69, 9.17) is 16.6 Å². The molecule has 2 aromatic carbocycles. The maximum Gasteiger partial charge on any atom is 0.249 e. The van der Waals surface area contributed by atoms with Gasteiger partial charge in [-0.1, -0.05) is 11.6 Å². The van der Waals surface area contributed by atoms with Gasteiger partial charge in [-0.2, -0.15) is 5.10 Å². The van der Waals surface area contributed by atoms with Crippen molar-refractivity contribution in [1.82, 2.24) is 25.1 Å². The number of hydrogen-bond acceptors (Lipinski definition) is 4. The van der Waals surface area contributed by atoms with Crippen LogP contribution in [0.4, 0.5) is 4.39 Å². The molecule has 5 aromatic rings. The van der Waals surface area contributed by atoms with Crippen molar-refractivity contribution in [3.8, 4) is 22.5 Å². The van der Waals surface area contributed by atoms with Crippen molar-refractivity contribution in [1.29, 1.82) is 0 Å². The predicted octanol–water partition coefficient (Wildman–Crippen LogP) is 4.63. The first-order valence-electron chi connectivity index (χ1n) is 8.81. The zero-order chi connectivity index (χ0) is 20.1. The molecule has 0 spiro atoms. The second-order valence-electron chi connectivity index (χ2n) is 6.67. The molecule has 0 saturated carbocycles. The summed E-state index contributed by atoms with van der Waals surface area (Å²) in [6.07, 6.45) is 0. The molecule has 0 unspecified atom stereocenters. The molecule has 0 fully saturated rings. The highest BCUT2D eigenvalue weighted by Crippen LogP contribution is 2.35. The minimum absolute atomic E-state index is 0.275. The third-order valence-corrected chi connectivity index (χ3v) is 5.06. The number of rotatable bonds is 2. The zero-order valence-electron chi connectivity index (χ0n) is 15.1. The Bertz CT molecular complexity index is 1460. The number of nitrogens with zero attached hydrogens (tertiary/aromatic N) is 3. The van der Waals surface area contributed by atoms with E-state index < -0.39 is 0 Å². The van der Waals surface area contributed by atoms with Crippen LogP contribution in [0.3, 0.4) is 0 Å². The third kappa shape index (κ3) is 2.96. The van der Waals surface area contributed by atoms with Gasteiger partial charge in [0.05, 0.1) is 27.6 Å². The average molecular weight is 406 g/mol. The molecule has 29 heavy (non-hydrogen) atoms. The van der Waals surface area contributed by atoms with E-state index in [0.29, 0.717) is 33.1 Å². The SMILES string of the molecule is Cc1n[nH]c2c(Cl)cc(-c3nc4ccc(=O)[nH]c4nc3-c3ccc(F)cc3)cc12. The number of pyridine rings is 1. The summed E-state index contributed by atoms with van der Waals surface area (Å²) in [6, 6.07) is 12.7. The van der Waals surface area contributed by atoms with Crippen molar-refractivity contribution in [2.24, 2.45) is 0 Å². The fourth-order valence-corrected chi connectivity index (χ4v) is 3.58. The van der Waals surface area contributed by atoms with E-state index in [1.165, 1.54) is 18.2 Å². The molecular formula is C21H13ClFN5O. The van der Waals surface area contributed by atoms with Crippen molar-refractivity contribution in [2.75, 3.05) is 0 Å². The molecule has 0 aliphatic heterocycles. The van der Waals surface area contributed by atoms with Crippen molar-refractivity contribution in [2.45, 2.75) is 6.92 Å². The number of fused-ring (bicyclic) bond motifs is 2. The van der Waals surface area contributed by atoms with Gasteiger partial charge in [0, 0.05) is 22.6 Å². The summed E-state index contributed by atoms with van der Waals surface area (Å²) in [4.78, 5) is 23.8. The fourth-order valence-electron chi connectivity index (χ4n) is 3.32. The van der Waals surface area contributed by atoms with Crippen LogP contribution in [0.5, 0.6) is 0 Å². The molecule has 2 N–H and O–H groups in total. The normalized spacial score (nSPS) is 11.4. The summed E-state index contributed by atoms with van der Waals surface area (Å²) in [5.74, 6) is -0.351. The Morgan fingerprint density at radius 1 is 0.966 bits per heavy atom. The first-order valence-corrected chi connectivity index (χ1v) is 9.19. The van der Waals surface area contributed by atoms with Crippen LogP contribution in [0.25, 0.3) is 44.6 Å². The Hall–Kier alpha value is -3.58. The molecule has 6 nitrogen and oxygen atoms in total. The lowest BCUT2D eigenvalue weighted by Gasteiger charge is -2.11. The average Bonchev–Trinajstić information content (AvgIpc) is 3.09. The van der Waals surface area contributed by atoms with Crippen molar-refractivity contribution in [3.05, 3.63) is 75.4 Å². The van der Waals surface area contributed by atoms with Crippen LogP contribution in [-0.2, 0) is 0 Å². The molecule has 5 rings (SSSR count). The molecular weight excluding hydrogens is 393 g/mol. The van der Waals surface area contributed by atoms with Gasteiger partial charge in [-0.05, 0) is 49.4 Å². The van der Waals surface area contributed by atoms with Gasteiger partial charge in [0.15, 0.2) is 5.65 Å². The summed E-state index contributed by atoms with van der Waals surface area (Å²) < 4.78 is 13.5. The fraction of sp³-hybridized carbons (Fsp3) is 0.0476. The summed E-state index contributed by atoms with van der Waals surface area (Å²) >= 11 is 6.47. The highest BCUT2D eigenvalue weighted by atomic mass is 35.5. The second kappa shape index (κ2) is 6.49. The van der Waals surface area contributed by atoms with Crippen LogP contribution in [0.15, 0.2) is 53.3 Å². The number of aromatic amines is 2. The zero-order valence-corrected chi connectivity index (χ0v) is 15.9.